The van der Waals surface area contributed by atoms with E-state index >= 15 is 0 Å². The molecule has 0 aliphatic rings. The van der Waals surface area contributed by atoms with Gasteiger partial charge < -0.3 is 10.8 Å². The molecule has 0 fully saturated rings. The molecule has 18 heavy (non-hydrogen) atoms. The van der Waals surface area contributed by atoms with Crippen LogP contribution in [-0.4, -0.2) is 20.9 Å². The summed E-state index contributed by atoms with van der Waals surface area (Å²) >= 11 is 0. The van der Waals surface area contributed by atoms with E-state index in [1.807, 2.05) is 0 Å². The van der Waals surface area contributed by atoms with Crippen LogP contribution >= 0.6 is 0 Å². The van der Waals surface area contributed by atoms with Crippen LogP contribution in [0.2, 0.25) is 0 Å². The zero-order valence-corrected chi connectivity index (χ0v) is 9.10. The summed E-state index contributed by atoms with van der Waals surface area (Å²) in [5, 5.41) is 12.5. The van der Waals surface area contributed by atoms with E-state index in [1.165, 1.54) is 16.9 Å². The van der Waals surface area contributed by atoms with Gasteiger partial charge in [0.05, 0.1) is 12.2 Å². The summed E-state index contributed by atoms with van der Waals surface area (Å²) in [6.45, 7) is -0.0242. The highest BCUT2D eigenvalue weighted by atomic mass is 19.1. The number of rotatable bonds is 3. The summed E-state index contributed by atoms with van der Waals surface area (Å²) in [5.41, 5.74) is 5.33. The third-order valence-electron chi connectivity index (χ3n) is 2.34. The van der Waals surface area contributed by atoms with E-state index in [-0.39, 0.29) is 23.5 Å². The third kappa shape index (κ3) is 2.29. The van der Waals surface area contributed by atoms with Crippen molar-refractivity contribution in [1.29, 1.82) is 0 Å². The molecule has 0 saturated heterocycles. The smallest absolute Gasteiger partial charge is 0.358 e. The Morgan fingerprint density at radius 2 is 2.17 bits per heavy atom. The Balaban J connectivity index is 2.29. The highest BCUT2D eigenvalue weighted by Gasteiger charge is 2.14. The minimum absolute atomic E-state index is 0.00924. The summed E-state index contributed by atoms with van der Waals surface area (Å²) < 4.78 is 27.3. The van der Waals surface area contributed by atoms with E-state index in [2.05, 4.69) is 5.10 Å². The Labute approximate surface area is 100 Å². The number of halogens is 2. The van der Waals surface area contributed by atoms with E-state index in [0.29, 0.717) is 0 Å². The number of nitrogen functional groups attached to an aromatic ring is 1. The molecule has 1 aromatic carbocycles. The van der Waals surface area contributed by atoms with Crippen molar-refractivity contribution in [2.24, 2.45) is 0 Å². The predicted octanol–water partition coefficient (Wildman–Crippen LogP) is 1.49. The standard InChI is InChI=1S/C11H9F2N3O2/c12-7-2-1-6(8(13)3-7)4-16-5-9(14)10(15-16)11(17)18/h1-3,5H,4,14H2,(H,17,18). The molecule has 0 spiro atoms. The minimum atomic E-state index is -1.26. The maximum atomic E-state index is 13.4. The summed E-state index contributed by atoms with van der Waals surface area (Å²) in [5.74, 6) is -2.66. The Hall–Kier alpha value is -2.44. The van der Waals surface area contributed by atoms with Crippen LogP contribution in [0.4, 0.5) is 14.5 Å². The van der Waals surface area contributed by atoms with Crippen LogP contribution in [0.3, 0.4) is 0 Å². The van der Waals surface area contributed by atoms with Crippen molar-refractivity contribution in [3.63, 3.8) is 0 Å². The molecule has 2 aromatic rings. The molecule has 5 nitrogen and oxygen atoms in total. The Kier molecular flexibility index (Phi) is 2.97. The number of carboxylic acids is 1. The molecule has 7 heteroatoms. The first-order valence-corrected chi connectivity index (χ1v) is 4.97. The van der Waals surface area contributed by atoms with Gasteiger partial charge in [0.1, 0.15) is 11.6 Å². The van der Waals surface area contributed by atoms with Crippen molar-refractivity contribution >= 4 is 11.7 Å². The molecule has 0 atom stereocenters. The quantitative estimate of drug-likeness (QED) is 0.868. The van der Waals surface area contributed by atoms with Crippen molar-refractivity contribution in [3.8, 4) is 0 Å². The average Bonchev–Trinajstić information content (AvgIpc) is 2.64. The molecule has 0 aliphatic heterocycles. The van der Waals surface area contributed by atoms with Gasteiger partial charge in [-0.25, -0.2) is 13.6 Å². The van der Waals surface area contributed by atoms with Gasteiger partial charge in [0.2, 0.25) is 0 Å². The van der Waals surface area contributed by atoms with Crippen molar-refractivity contribution in [3.05, 3.63) is 47.3 Å². The highest BCUT2D eigenvalue weighted by Crippen LogP contribution is 2.14. The van der Waals surface area contributed by atoms with Crippen LogP contribution < -0.4 is 5.73 Å². The fourth-order valence-electron chi connectivity index (χ4n) is 1.51. The third-order valence-corrected chi connectivity index (χ3v) is 2.34. The van der Waals surface area contributed by atoms with Gasteiger partial charge in [-0.15, -0.1) is 0 Å². The van der Waals surface area contributed by atoms with Crippen molar-refractivity contribution in [1.82, 2.24) is 9.78 Å². The van der Waals surface area contributed by atoms with E-state index in [4.69, 9.17) is 10.8 Å². The van der Waals surface area contributed by atoms with Crippen molar-refractivity contribution in [2.45, 2.75) is 6.54 Å². The average molecular weight is 253 g/mol. The number of nitrogens with two attached hydrogens (primary N) is 1. The number of carbonyl (C=O) groups is 1. The fourth-order valence-corrected chi connectivity index (χ4v) is 1.51. The second-order valence-corrected chi connectivity index (χ2v) is 3.67. The van der Waals surface area contributed by atoms with Crippen LogP contribution in [0.25, 0.3) is 0 Å². The van der Waals surface area contributed by atoms with Gasteiger partial charge in [0, 0.05) is 17.8 Å². The molecule has 0 saturated carbocycles. The molecule has 0 aliphatic carbocycles. The number of nitrogens with zero attached hydrogens (tertiary/aromatic N) is 2. The van der Waals surface area contributed by atoms with E-state index in [1.54, 1.807) is 0 Å². The lowest BCUT2D eigenvalue weighted by atomic mass is 10.2. The number of anilines is 1. The van der Waals surface area contributed by atoms with E-state index in [9.17, 15) is 13.6 Å². The molecule has 2 rings (SSSR count). The van der Waals surface area contributed by atoms with Crippen molar-refractivity contribution < 1.29 is 18.7 Å². The topological polar surface area (TPSA) is 81.1 Å². The molecule has 0 bridgehead atoms. The van der Waals surface area contributed by atoms with Crippen molar-refractivity contribution in [2.75, 3.05) is 5.73 Å². The van der Waals surface area contributed by atoms with Gasteiger partial charge in [-0.2, -0.15) is 5.10 Å². The summed E-state index contributed by atoms with van der Waals surface area (Å²) in [7, 11) is 0. The normalized spacial score (nSPS) is 10.6. The molecule has 0 radical (unpaired) electrons. The predicted molar refractivity (Wildman–Crippen MR) is 59.1 cm³/mol. The van der Waals surface area contributed by atoms with E-state index in [0.717, 1.165) is 12.1 Å². The van der Waals surface area contributed by atoms with E-state index < -0.39 is 17.6 Å². The Morgan fingerprint density at radius 3 is 2.72 bits per heavy atom. The minimum Gasteiger partial charge on any atom is -0.476 e. The molecule has 94 valence electrons. The van der Waals surface area contributed by atoms with Gasteiger partial charge in [0.15, 0.2) is 5.69 Å². The van der Waals surface area contributed by atoms with Gasteiger partial charge in [-0.1, -0.05) is 6.07 Å². The SMILES string of the molecule is Nc1cn(Cc2ccc(F)cc2F)nc1C(=O)O. The number of hydrogen-bond acceptors (Lipinski definition) is 3. The zero-order valence-electron chi connectivity index (χ0n) is 9.10. The Bertz CT molecular complexity index is 610. The molecule has 0 unspecified atom stereocenters. The van der Waals surface area contributed by atoms with Gasteiger partial charge in [-0.3, -0.25) is 4.68 Å². The summed E-state index contributed by atoms with van der Waals surface area (Å²) in [4.78, 5) is 10.7. The zero-order chi connectivity index (χ0) is 13.3. The number of aromatic nitrogens is 2. The van der Waals surface area contributed by atoms with Gasteiger partial charge in [-0.05, 0) is 6.07 Å². The fraction of sp³-hybridized carbons (Fsp3) is 0.0909. The largest absolute Gasteiger partial charge is 0.476 e. The lowest BCUT2D eigenvalue weighted by molar-refractivity contribution is 0.0690. The van der Waals surface area contributed by atoms with Crippen LogP contribution in [0.15, 0.2) is 24.4 Å². The molecule has 1 aromatic heterocycles. The maximum Gasteiger partial charge on any atom is 0.358 e. The van der Waals surface area contributed by atoms with Crippen LogP contribution in [0.1, 0.15) is 16.1 Å². The highest BCUT2D eigenvalue weighted by molar-refractivity contribution is 5.91. The first-order valence-electron chi connectivity index (χ1n) is 4.97. The lowest BCUT2D eigenvalue weighted by Gasteiger charge is -2.03. The Morgan fingerprint density at radius 1 is 1.44 bits per heavy atom. The molecule has 1 heterocycles. The van der Waals surface area contributed by atoms with Crippen LogP contribution in [0.5, 0.6) is 0 Å². The van der Waals surface area contributed by atoms with Crippen LogP contribution in [-0.2, 0) is 6.54 Å². The number of carboxylic acid groups (broad SMARTS) is 1. The monoisotopic (exact) mass is 253 g/mol. The van der Waals surface area contributed by atoms with Gasteiger partial charge in [0.25, 0.3) is 0 Å². The second-order valence-electron chi connectivity index (χ2n) is 3.67. The number of hydrogen-bond donors (Lipinski definition) is 2. The number of aromatic carboxylic acids is 1. The molecule has 0 amide bonds. The van der Waals surface area contributed by atoms with Crippen LogP contribution in [0, 0.1) is 11.6 Å². The molecular weight excluding hydrogens is 244 g/mol. The second kappa shape index (κ2) is 4.44. The molecular formula is C11H9F2N3O2. The first-order chi connectivity index (χ1) is 8.47. The van der Waals surface area contributed by atoms with Gasteiger partial charge >= 0.3 is 5.97 Å². The first kappa shape index (κ1) is 12.0. The summed E-state index contributed by atoms with van der Waals surface area (Å²) in [6.07, 6.45) is 1.28. The molecule has 3 N–H and O–H groups in total. The number of benzene rings is 1. The summed E-state index contributed by atoms with van der Waals surface area (Å²) in [6, 6.07) is 3.13. The lowest BCUT2D eigenvalue weighted by Crippen LogP contribution is -2.05. The maximum absolute atomic E-state index is 13.4.